The van der Waals surface area contributed by atoms with Gasteiger partial charge in [-0.2, -0.15) is 0 Å². The molecule has 2 aromatic heterocycles. The molecule has 1 N–H and O–H groups in total. The Morgan fingerprint density at radius 2 is 1.57 bits per heavy atom. The van der Waals surface area contributed by atoms with E-state index in [1.807, 2.05) is 102 Å². The van der Waals surface area contributed by atoms with Crippen LogP contribution < -0.4 is 5.32 Å². The van der Waals surface area contributed by atoms with Gasteiger partial charge in [0.25, 0.3) is 5.91 Å². The largest absolute Gasteiger partial charge is 0.322 e. The maximum absolute atomic E-state index is 12.9. The van der Waals surface area contributed by atoms with Gasteiger partial charge in [-0.3, -0.25) is 9.20 Å². The predicted octanol–water partition coefficient (Wildman–Crippen LogP) is 5.32. The van der Waals surface area contributed by atoms with E-state index in [0.717, 1.165) is 28.1 Å². The zero-order valence-electron chi connectivity index (χ0n) is 16.1. The fraction of sp³-hybridized carbons (Fsp3) is 0. The van der Waals surface area contributed by atoms with Crippen molar-refractivity contribution in [2.24, 2.45) is 0 Å². The lowest BCUT2D eigenvalue weighted by Crippen LogP contribution is -2.13. The number of imidazole rings is 1. The first kappa shape index (κ1) is 17.8. The number of carbonyl (C=O) groups excluding carboxylic acids is 1. The monoisotopic (exact) mass is 390 g/mol. The van der Waals surface area contributed by atoms with Gasteiger partial charge in [-0.15, -0.1) is 0 Å². The number of hydrogen-bond donors (Lipinski definition) is 1. The molecular weight excluding hydrogens is 372 g/mol. The lowest BCUT2D eigenvalue weighted by Gasteiger charge is -2.11. The molecule has 5 rings (SSSR count). The summed E-state index contributed by atoms with van der Waals surface area (Å²) >= 11 is 0. The highest BCUT2D eigenvalue weighted by Gasteiger charge is 2.13. The van der Waals surface area contributed by atoms with Gasteiger partial charge in [0.1, 0.15) is 0 Å². The number of rotatable bonds is 4. The molecular formula is C25H18N4O. The van der Waals surface area contributed by atoms with Crippen molar-refractivity contribution < 1.29 is 4.79 Å². The molecule has 2 heterocycles. The van der Waals surface area contributed by atoms with Crippen LogP contribution in [0.3, 0.4) is 0 Å². The van der Waals surface area contributed by atoms with Crippen LogP contribution in [0.15, 0.2) is 104 Å². The molecule has 0 unspecified atom stereocenters. The first-order chi connectivity index (χ1) is 14.8. The molecule has 5 aromatic rings. The van der Waals surface area contributed by atoms with Crippen molar-refractivity contribution in [3.63, 3.8) is 0 Å². The highest BCUT2D eigenvalue weighted by atomic mass is 16.1. The number of fused-ring (bicyclic) bond motifs is 1. The van der Waals surface area contributed by atoms with Crippen molar-refractivity contribution in [3.8, 4) is 22.4 Å². The van der Waals surface area contributed by atoms with Crippen LogP contribution in [0.5, 0.6) is 0 Å². The van der Waals surface area contributed by atoms with Crippen LogP contribution in [0.4, 0.5) is 5.69 Å². The van der Waals surface area contributed by atoms with Crippen LogP contribution in [0.25, 0.3) is 28.2 Å². The molecule has 0 fully saturated rings. The summed E-state index contributed by atoms with van der Waals surface area (Å²) in [5, 5.41) is 3.00. The van der Waals surface area contributed by atoms with Crippen LogP contribution in [0, 0.1) is 0 Å². The molecule has 0 bridgehead atoms. The Bertz CT molecular complexity index is 1290. The number of amides is 1. The van der Waals surface area contributed by atoms with Crippen LogP contribution in [-0.4, -0.2) is 20.3 Å². The fourth-order valence-electron chi connectivity index (χ4n) is 3.44. The van der Waals surface area contributed by atoms with E-state index in [2.05, 4.69) is 15.3 Å². The first-order valence-corrected chi connectivity index (χ1v) is 9.64. The van der Waals surface area contributed by atoms with Crippen LogP contribution in [-0.2, 0) is 0 Å². The molecule has 0 aliphatic rings. The Hall–Kier alpha value is -4.25. The van der Waals surface area contributed by atoms with Crippen molar-refractivity contribution in [3.05, 3.63) is 109 Å². The Morgan fingerprint density at radius 1 is 0.800 bits per heavy atom. The summed E-state index contributed by atoms with van der Waals surface area (Å²) in [6.07, 6.45) is 5.57. The molecule has 1 amide bonds. The molecule has 0 atom stereocenters. The molecule has 5 nitrogen and oxygen atoms in total. The van der Waals surface area contributed by atoms with Crippen molar-refractivity contribution in [1.82, 2.24) is 14.4 Å². The Balaban J connectivity index is 1.39. The molecule has 0 radical (unpaired) electrons. The van der Waals surface area contributed by atoms with Crippen LogP contribution >= 0.6 is 0 Å². The molecule has 3 aromatic carbocycles. The van der Waals surface area contributed by atoms with Crippen LogP contribution in [0.1, 0.15) is 10.4 Å². The summed E-state index contributed by atoms with van der Waals surface area (Å²) in [5.41, 5.74) is 5.08. The average molecular weight is 390 g/mol. The summed E-state index contributed by atoms with van der Waals surface area (Å²) in [5.74, 6) is 0.515. The molecule has 0 saturated carbocycles. The van der Waals surface area contributed by atoms with Crippen molar-refractivity contribution in [2.75, 3.05) is 5.32 Å². The van der Waals surface area contributed by atoms with Gasteiger partial charge in [0.05, 0.1) is 5.69 Å². The number of nitrogens with zero attached hydrogens (tertiary/aromatic N) is 3. The van der Waals surface area contributed by atoms with E-state index in [0.29, 0.717) is 11.3 Å². The maximum atomic E-state index is 12.9. The predicted molar refractivity (Wildman–Crippen MR) is 118 cm³/mol. The second-order valence-corrected chi connectivity index (χ2v) is 6.90. The normalized spacial score (nSPS) is 10.8. The van der Waals surface area contributed by atoms with Gasteiger partial charge in [0.2, 0.25) is 5.78 Å². The van der Waals surface area contributed by atoms with E-state index in [1.54, 1.807) is 6.20 Å². The third-order valence-corrected chi connectivity index (χ3v) is 4.93. The number of anilines is 1. The van der Waals surface area contributed by atoms with Gasteiger partial charge >= 0.3 is 0 Å². The zero-order chi connectivity index (χ0) is 20.3. The van der Waals surface area contributed by atoms with Crippen molar-refractivity contribution in [1.29, 1.82) is 0 Å². The van der Waals surface area contributed by atoms with Gasteiger partial charge < -0.3 is 5.32 Å². The SMILES string of the molecule is O=C(Nc1ccc(-c2cn3cccnc3n2)cc1)c1ccccc1-c1ccccc1. The fourth-order valence-corrected chi connectivity index (χ4v) is 3.44. The van der Waals surface area contributed by atoms with Gasteiger partial charge in [-0.05, 0) is 35.4 Å². The maximum Gasteiger partial charge on any atom is 0.256 e. The number of carbonyl (C=O) groups is 1. The molecule has 0 saturated heterocycles. The number of benzene rings is 3. The van der Waals surface area contributed by atoms with E-state index >= 15 is 0 Å². The minimum atomic E-state index is -0.140. The standard InChI is InChI=1S/C25H18N4O/c30-24(22-10-5-4-9-21(22)18-7-2-1-3-8-18)27-20-13-11-19(12-14-20)23-17-29-16-6-15-26-25(29)28-23/h1-17H,(H,27,30). The quantitative estimate of drug-likeness (QED) is 0.452. The zero-order valence-corrected chi connectivity index (χ0v) is 16.1. The van der Waals surface area contributed by atoms with E-state index in [4.69, 9.17) is 0 Å². The number of nitrogens with one attached hydrogen (secondary N) is 1. The van der Waals surface area contributed by atoms with Gasteiger partial charge in [-0.25, -0.2) is 9.97 Å². The summed E-state index contributed by atoms with van der Waals surface area (Å²) in [6, 6.07) is 27.1. The second-order valence-electron chi connectivity index (χ2n) is 6.90. The number of hydrogen-bond acceptors (Lipinski definition) is 3. The summed E-state index contributed by atoms with van der Waals surface area (Å²) < 4.78 is 1.88. The highest BCUT2D eigenvalue weighted by Crippen LogP contribution is 2.25. The van der Waals surface area contributed by atoms with E-state index in [1.165, 1.54) is 0 Å². The van der Waals surface area contributed by atoms with E-state index < -0.39 is 0 Å². The van der Waals surface area contributed by atoms with Crippen LogP contribution in [0.2, 0.25) is 0 Å². The Labute approximate surface area is 173 Å². The number of aromatic nitrogens is 3. The topological polar surface area (TPSA) is 59.3 Å². The molecule has 0 aliphatic heterocycles. The highest BCUT2D eigenvalue weighted by molar-refractivity contribution is 6.08. The van der Waals surface area contributed by atoms with Gasteiger partial charge in [0.15, 0.2) is 0 Å². The molecule has 144 valence electrons. The third kappa shape index (κ3) is 3.44. The van der Waals surface area contributed by atoms with Gasteiger partial charge in [0, 0.05) is 35.4 Å². The molecule has 30 heavy (non-hydrogen) atoms. The van der Waals surface area contributed by atoms with E-state index in [-0.39, 0.29) is 5.91 Å². The van der Waals surface area contributed by atoms with Crippen molar-refractivity contribution in [2.45, 2.75) is 0 Å². The third-order valence-electron chi connectivity index (χ3n) is 4.93. The minimum absolute atomic E-state index is 0.140. The Kier molecular flexibility index (Phi) is 4.54. The summed E-state index contributed by atoms with van der Waals surface area (Å²) in [4.78, 5) is 21.7. The molecule has 5 heteroatoms. The van der Waals surface area contributed by atoms with E-state index in [9.17, 15) is 4.79 Å². The second kappa shape index (κ2) is 7.64. The van der Waals surface area contributed by atoms with Crippen molar-refractivity contribution >= 4 is 17.4 Å². The molecule has 0 spiro atoms. The average Bonchev–Trinajstić information content (AvgIpc) is 3.24. The Morgan fingerprint density at radius 3 is 2.37 bits per heavy atom. The minimum Gasteiger partial charge on any atom is -0.322 e. The first-order valence-electron chi connectivity index (χ1n) is 9.64. The summed E-state index contributed by atoms with van der Waals surface area (Å²) in [7, 11) is 0. The molecule has 0 aliphatic carbocycles. The lowest BCUT2D eigenvalue weighted by molar-refractivity contribution is 0.102. The van der Waals surface area contributed by atoms with Gasteiger partial charge in [-0.1, -0.05) is 60.7 Å². The summed E-state index contributed by atoms with van der Waals surface area (Å²) in [6.45, 7) is 0. The smallest absolute Gasteiger partial charge is 0.256 e. The lowest BCUT2D eigenvalue weighted by atomic mass is 9.99.